The Labute approximate surface area is 174 Å². The van der Waals surface area contributed by atoms with Crippen LogP contribution in [0.25, 0.3) is 11.4 Å². The second-order valence-corrected chi connectivity index (χ2v) is 6.83. The van der Waals surface area contributed by atoms with E-state index in [-0.39, 0.29) is 11.7 Å². The molecule has 2 N–H and O–H groups in total. The van der Waals surface area contributed by atoms with Crippen LogP contribution in [0.2, 0.25) is 0 Å². The van der Waals surface area contributed by atoms with Gasteiger partial charge in [-0.3, -0.25) is 9.78 Å². The molecule has 0 saturated carbocycles. The van der Waals surface area contributed by atoms with Gasteiger partial charge in [-0.1, -0.05) is 12.1 Å². The molecular formula is C23H21N5O2. The third-order valence-corrected chi connectivity index (χ3v) is 4.73. The van der Waals surface area contributed by atoms with Gasteiger partial charge in [0.05, 0.1) is 6.26 Å². The van der Waals surface area contributed by atoms with E-state index in [0.717, 1.165) is 28.2 Å². The molecule has 7 nitrogen and oxygen atoms in total. The number of aromatic nitrogens is 3. The summed E-state index contributed by atoms with van der Waals surface area (Å²) in [5.41, 5.74) is 4.56. The van der Waals surface area contributed by atoms with Crippen LogP contribution in [-0.2, 0) is 6.54 Å². The SMILES string of the molecule is Cc1nc(-c2cccnc2)nc(NCc2ccc(NC(=O)c3ccco3)cc2)c1C. The van der Waals surface area contributed by atoms with Crippen LogP contribution in [0.15, 0.2) is 71.6 Å². The molecule has 3 heterocycles. The summed E-state index contributed by atoms with van der Waals surface area (Å²) in [4.78, 5) is 25.5. The molecule has 0 spiro atoms. The molecule has 0 fully saturated rings. The maximum Gasteiger partial charge on any atom is 0.291 e. The predicted molar refractivity (Wildman–Crippen MR) is 115 cm³/mol. The highest BCUT2D eigenvalue weighted by molar-refractivity contribution is 6.02. The summed E-state index contributed by atoms with van der Waals surface area (Å²) in [5, 5.41) is 6.20. The fourth-order valence-electron chi connectivity index (χ4n) is 2.92. The molecule has 150 valence electrons. The van der Waals surface area contributed by atoms with Crippen LogP contribution in [0.5, 0.6) is 0 Å². The fourth-order valence-corrected chi connectivity index (χ4v) is 2.92. The molecule has 0 aliphatic heterocycles. The molecule has 1 aromatic carbocycles. The van der Waals surface area contributed by atoms with Gasteiger partial charge in [0.25, 0.3) is 5.91 Å². The number of amides is 1. The highest BCUT2D eigenvalue weighted by atomic mass is 16.3. The van der Waals surface area contributed by atoms with Crippen LogP contribution in [0, 0.1) is 13.8 Å². The van der Waals surface area contributed by atoms with Gasteiger partial charge in [0.2, 0.25) is 0 Å². The van der Waals surface area contributed by atoms with Gasteiger partial charge in [-0.05, 0) is 55.8 Å². The van der Waals surface area contributed by atoms with Gasteiger partial charge in [0.15, 0.2) is 11.6 Å². The molecule has 4 rings (SSSR count). The third-order valence-electron chi connectivity index (χ3n) is 4.73. The van der Waals surface area contributed by atoms with Crippen molar-refractivity contribution in [1.29, 1.82) is 0 Å². The van der Waals surface area contributed by atoms with E-state index >= 15 is 0 Å². The Kier molecular flexibility index (Phi) is 5.52. The Morgan fingerprint density at radius 2 is 1.87 bits per heavy atom. The Bertz CT molecular complexity index is 1140. The van der Waals surface area contributed by atoms with Gasteiger partial charge < -0.3 is 15.1 Å². The first kappa shape index (κ1) is 19.3. The van der Waals surface area contributed by atoms with Gasteiger partial charge in [-0.2, -0.15) is 0 Å². The smallest absolute Gasteiger partial charge is 0.291 e. The minimum Gasteiger partial charge on any atom is -0.459 e. The lowest BCUT2D eigenvalue weighted by Crippen LogP contribution is -2.11. The van der Waals surface area contributed by atoms with Crippen LogP contribution in [0.1, 0.15) is 27.4 Å². The molecule has 30 heavy (non-hydrogen) atoms. The van der Waals surface area contributed by atoms with E-state index in [2.05, 4.69) is 25.6 Å². The monoisotopic (exact) mass is 399 g/mol. The number of hydrogen-bond donors (Lipinski definition) is 2. The fraction of sp³-hybridized carbons (Fsp3) is 0.130. The summed E-state index contributed by atoms with van der Waals surface area (Å²) in [6, 6.07) is 14.7. The van der Waals surface area contributed by atoms with Gasteiger partial charge in [-0.15, -0.1) is 0 Å². The van der Waals surface area contributed by atoms with Crippen LogP contribution in [0.4, 0.5) is 11.5 Å². The van der Waals surface area contributed by atoms with E-state index in [0.29, 0.717) is 18.1 Å². The lowest BCUT2D eigenvalue weighted by atomic mass is 10.2. The van der Waals surface area contributed by atoms with Crippen LogP contribution in [-0.4, -0.2) is 20.9 Å². The molecule has 1 amide bonds. The molecule has 0 atom stereocenters. The maximum atomic E-state index is 12.1. The number of benzene rings is 1. The summed E-state index contributed by atoms with van der Waals surface area (Å²) in [5.74, 6) is 1.43. The molecule has 3 aromatic heterocycles. The van der Waals surface area contributed by atoms with Gasteiger partial charge in [0, 0.05) is 41.4 Å². The number of carbonyl (C=O) groups excluding carboxylic acids is 1. The second-order valence-electron chi connectivity index (χ2n) is 6.83. The van der Waals surface area contributed by atoms with Gasteiger partial charge in [-0.25, -0.2) is 9.97 Å². The van der Waals surface area contributed by atoms with Crippen molar-refractivity contribution in [3.8, 4) is 11.4 Å². The minimum atomic E-state index is -0.277. The third kappa shape index (κ3) is 4.35. The number of aryl methyl sites for hydroxylation is 1. The van der Waals surface area contributed by atoms with Crippen molar-refractivity contribution in [2.45, 2.75) is 20.4 Å². The number of furan rings is 1. The highest BCUT2D eigenvalue weighted by Crippen LogP contribution is 2.22. The molecule has 4 aromatic rings. The Morgan fingerprint density at radius 3 is 2.57 bits per heavy atom. The zero-order valence-corrected chi connectivity index (χ0v) is 16.7. The van der Waals surface area contributed by atoms with E-state index in [1.165, 1.54) is 6.26 Å². The number of pyridine rings is 1. The first-order chi connectivity index (χ1) is 14.6. The summed E-state index contributed by atoms with van der Waals surface area (Å²) in [7, 11) is 0. The highest BCUT2D eigenvalue weighted by Gasteiger charge is 2.11. The molecular weight excluding hydrogens is 378 g/mol. The van der Waals surface area contributed by atoms with E-state index in [1.807, 2.05) is 50.2 Å². The van der Waals surface area contributed by atoms with Crippen molar-refractivity contribution >= 4 is 17.4 Å². The number of hydrogen-bond acceptors (Lipinski definition) is 6. The molecule has 7 heteroatoms. The topological polar surface area (TPSA) is 92.9 Å². The zero-order valence-electron chi connectivity index (χ0n) is 16.7. The Balaban J connectivity index is 1.44. The number of rotatable bonds is 6. The molecule has 0 unspecified atom stereocenters. The van der Waals surface area contributed by atoms with Gasteiger partial charge in [0.1, 0.15) is 5.82 Å². The first-order valence-electron chi connectivity index (χ1n) is 9.53. The zero-order chi connectivity index (χ0) is 20.9. The van der Waals surface area contributed by atoms with Crippen molar-refractivity contribution < 1.29 is 9.21 Å². The Hall–Kier alpha value is -4.00. The van der Waals surface area contributed by atoms with E-state index < -0.39 is 0 Å². The quantitative estimate of drug-likeness (QED) is 0.492. The second kappa shape index (κ2) is 8.57. The lowest BCUT2D eigenvalue weighted by Gasteiger charge is -2.13. The predicted octanol–water partition coefficient (Wildman–Crippen LogP) is 4.61. The number of nitrogens with zero attached hydrogens (tertiary/aromatic N) is 3. The van der Waals surface area contributed by atoms with Crippen molar-refractivity contribution in [2.24, 2.45) is 0 Å². The van der Waals surface area contributed by atoms with Crippen molar-refractivity contribution in [3.05, 3.63) is 89.8 Å². The summed E-state index contributed by atoms with van der Waals surface area (Å²) in [6.45, 7) is 4.56. The van der Waals surface area contributed by atoms with Crippen molar-refractivity contribution in [1.82, 2.24) is 15.0 Å². The van der Waals surface area contributed by atoms with Crippen LogP contribution in [0.3, 0.4) is 0 Å². The van der Waals surface area contributed by atoms with Crippen molar-refractivity contribution in [2.75, 3.05) is 10.6 Å². The summed E-state index contributed by atoms with van der Waals surface area (Å²) in [6.07, 6.45) is 4.95. The average molecular weight is 399 g/mol. The molecule has 0 aliphatic carbocycles. The maximum absolute atomic E-state index is 12.1. The normalized spacial score (nSPS) is 10.6. The number of anilines is 2. The average Bonchev–Trinajstić information content (AvgIpc) is 3.31. The van der Waals surface area contributed by atoms with Gasteiger partial charge >= 0.3 is 0 Å². The molecule has 0 bridgehead atoms. The first-order valence-corrected chi connectivity index (χ1v) is 9.53. The van der Waals surface area contributed by atoms with E-state index in [4.69, 9.17) is 4.42 Å². The molecule has 0 saturated heterocycles. The Morgan fingerprint density at radius 1 is 1.03 bits per heavy atom. The minimum absolute atomic E-state index is 0.277. The van der Waals surface area contributed by atoms with E-state index in [9.17, 15) is 4.79 Å². The summed E-state index contributed by atoms with van der Waals surface area (Å²) >= 11 is 0. The lowest BCUT2D eigenvalue weighted by molar-refractivity contribution is 0.0996. The largest absolute Gasteiger partial charge is 0.459 e. The van der Waals surface area contributed by atoms with Crippen molar-refractivity contribution in [3.63, 3.8) is 0 Å². The summed E-state index contributed by atoms with van der Waals surface area (Å²) < 4.78 is 5.10. The van der Waals surface area contributed by atoms with Crippen LogP contribution < -0.4 is 10.6 Å². The molecule has 0 aliphatic rings. The number of carbonyl (C=O) groups is 1. The van der Waals surface area contributed by atoms with E-state index in [1.54, 1.807) is 24.5 Å². The van der Waals surface area contributed by atoms with Crippen LogP contribution >= 0.6 is 0 Å². The number of nitrogens with one attached hydrogen (secondary N) is 2. The molecule has 0 radical (unpaired) electrons. The standard InChI is InChI=1S/C23H21N5O2/c1-15-16(2)26-22(18-5-3-11-24-14-18)28-21(15)25-13-17-7-9-19(10-8-17)27-23(29)20-6-4-12-30-20/h3-12,14H,13H2,1-2H3,(H,27,29)(H,25,26,28).